The smallest absolute Gasteiger partial charge is 0.337 e. The maximum atomic E-state index is 14.2. The summed E-state index contributed by atoms with van der Waals surface area (Å²) >= 11 is 3.13. The van der Waals surface area contributed by atoms with Gasteiger partial charge < -0.3 is 9.47 Å². The van der Waals surface area contributed by atoms with Crippen molar-refractivity contribution in [2.45, 2.75) is 11.9 Å². The van der Waals surface area contributed by atoms with Gasteiger partial charge in [0.25, 0.3) is 0 Å². The molecule has 0 unspecified atom stereocenters. The SMILES string of the molecule is COC(=O)c1ccc(CBr)c(F)c1.COC(=O)c1ccc(CN(c2ccccc2F)S(C)(=O)=O)c(F)c1.CS(=O)(=O)Nc1ccccc1F. The Morgan fingerprint density at radius 3 is 1.57 bits per heavy atom. The van der Waals surface area contributed by atoms with Crippen LogP contribution in [0.3, 0.4) is 0 Å². The number of halogens is 5. The number of sulfonamides is 2. The minimum absolute atomic E-state index is 0.00340. The molecule has 264 valence electrons. The molecule has 0 radical (unpaired) electrons. The lowest BCUT2D eigenvalue weighted by Gasteiger charge is -2.23. The first-order chi connectivity index (χ1) is 22.9. The lowest BCUT2D eigenvalue weighted by molar-refractivity contribution is 0.0591. The maximum absolute atomic E-state index is 14.2. The first-order valence-corrected chi connectivity index (χ1v) is 18.5. The molecule has 0 aliphatic carbocycles. The van der Waals surface area contributed by atoms with Crippen LogP contribution in [0.15, 0.2) is 84.9 Å². The van der Waals surface area contributed by atoms with E-state index in [1.165, 1.54) is 67.8 Å². The molecule has 0 saturated carbocycles. The van der Waals surface area contributed by atoms with Gasteiger partial charge in [0, 0.05) is 10.9 Å². The van der Waals surface area contributed by atoms with Gasteiger partial charge in [0.05, 0.1) is 55.8 Å². The van der Waals surface area contributed by atoms with Crippen molar-refractivity contribution < 1.29 is 53.5 Å². The lowest BCUT2D eigenvalue weighted by atomic mass is 10.1. The molecule has 0 bridgehead atoms. The van der Waals surface area contributed by atoms with Crippen LogP contribution in [0.2, 0.25) is 0 Å². The molecule has 0 amide bonds. The van der Waals surface area contributed by atoms with E-state index < -0.39 is 61.8 Å². The molecule has 4 rings (SSSR count). The summed E-state index contributed by atoms with van der Waals surface area (Å²) in [4.78, 5) is 22.3. The summed E-state index contributed by atoms with van der Waals surface area (Å²) in [7, 11) is -4.81. The second kappa shape index (κ2) is 18.3. The largest absolute Gasteiger partial charge is 0.465 e. The number of esters is 2. The Kier molecular flexibility index (Phi) is 15.2. The quantitative estimate of drug-likeness (QED) is 0.117. The molecule has 0 aromatic heterocycles. The Hall–Kier alpha value is -4.48. The Morgan fingerprint density at radius 1 is 0.694 bits per heavy atom. The van der Waals surface area contributed by atoms with Gasteiger partial charge in [-0.15, -0.1) is 0 Å². The van der Waals surface area contributed by atoms with Gasteiger partial charge in [0.1, 0.15) is 23.3 Å². The zero-order valence-corrected chi connectivity index (χ0v) is 29.6. The fourth-order valence-electron chi connectivity index (χ4n) is 3.75. The number of hydrogen-bond acceptors (Lipinski definition) is 8. The van der Waals surface area contributed by atoms with Gasteiger partial charge in [-0.3, -0.25) is 9.03 Å². The summed E-state index contributed by atoms with van der Waals surface area (Å²) in [5.74, 6) is -3.75. The molecule has 0 spiro atoms. The molecule has 10 nitrogen and oxygen atoms in total. The van der Waals surface area contributed by atoms with Crippen molar-refractivity contribution in [2.75, 3.05) is 35.8 Å². The van der Waals surface area contributed by atoms with Gasteiger partial charge in [0.15, 0.2) is 0 Å². The Labute approximate surface area is 289 Å². The van der Waals surface area contributed by atoms with Crippen LogP contribution < -0.4 is 9.03 Å². The van der Waals surface area contributed by atoms with E-state index in [0.717, 1.165) is 36.1 Å². The zero-order valence-electron chi connectivity index (χ0n) is 26.4. The van der Waals surface area contributed by atoms with Crippen molar-refractivity contribution in [1.29, 1.82) is 0 Å². The molecule has 0 saturated heterocycles. The summed E-state index contributed by atoms with van der Waals surface area (Å²) < 4.78 is 111. The van der Waals surface area contributed by atoms with Gasteiger partial charge in [-0.1, -0.05) is 52.3 Å². The molecule has 4 aromatic rings. The number of carbonyl (C=O) groups is 2. The summed E-state index contributed by atoms with van der Waals surface area (Å²) in [6, 6.07) is 18.7. The number of methoxy groups -OCH3 is 2. The topological polar surface area (TPSA) is 136 Å². The van der Waals surface area contributed by atoms with Crippen LogP contribution in [0, 0.1) is 23.3 Å². The summed E-state index contributed by atoms with van der Waals surface area (Å²) in [6.45, 7) is -0.410. The normalized spacial score (nSPS) is 10.8. The van der Waals surface area contributed by atoms with Crippen LogP contribution in [-0.2, 0) is 41.4 Å². The van der Waals surface area contributed by atoms with Crippen LogP contribution in [0.1, 0.15) is 31.8 Å². The van der Waals surface area contributed by atoms with Crippen molar-refractivity contribution in [3.63, 3.8) is 0 Å². The van der Waals surface area contributed by atoms with Gasteiger partial charge in [-0.2, -0.15) is 0 Å². The van der Waals surface area contributed by atoms with Crippen LogP contribution in [0.5, 0.6) is 0 Å². The zero-order chi connectivity index (χ0) is 36.9. The highest BCUT2D eigenvalue weighted by Crippen LogP contribution is 2.25. The molecule has 0 fully saturated rings. The van der Waals surface area contributed by atoms with Gasteiger partial charge in [-0.05, 0) is 54.1 Å². The molecule has 0 aliphatic heterocycles. The van der Waals surface area contributed by atoms with E-state index in [-0.39, 0.29) is 28.1 Å². The van der Waals surface area contributed by atoms with Crippen molar-refractivity contribution in [1.82, 2.24) is 0 Å². The molecule has 4 aromatic carbocycles. The van der Waals surface area contributed by atoms with Crippen LogP contribution in [0.4, 0.5) is 28.9 Å². The Balaban J connectivity index is 0.000000281. The van der Waals surface area contributed by atoms with E-state index in [0.29, 0.717) is 10.9 Å². The number of alkyl halides is 1. The highest BCUT2D eigenvalue weighted by atomic mass is 79.9. The number of ether oxygens (including phenoxy) is 2. The van der Waals surface area contributed by atoms with E-state index in [4.69, 9.17) is 0 Å². The first-order valence-electron chi connectivity index (χ1n) is 13.7. The van der Waals surface area contributed by atoms with E-state index in [9.17, 15) is 44.0 Å². The van der Waals surface area contributed by atoms with Crippen LogP contribution >= 0.6 is 15.9 Å². The van der Waals surface area contributed by atoms with E-state index in [2.05, 4.69) is 25.4 Å². The third-order valence-electron chi connectivity index (χ3n) is 6.10. The average molecular weight is 792 g/mol. The highest BCUT2D eigenvalue weighted by molar-refractivity contribution is 9.08. The number of benzene rings is 4. The van der Waals surface area contributed by atoms with E-state index in [1.54, 1.807) is 12.1 Å². The number of carbonyl (C=O) groups excluding carboxylic acids is 2. The molecule has 0 atom stereocenters. The van der Waals surface area contributed by atoms with Crippen molar-refractivity contribution in [3.05, 3.63) is 130 Å². The molecular formula is C32H31BrF4N2O8S2. The highest BCUT2D eigenvalue weighted by Gasteiger charge is 2.23. The molecular weight excluding hydrogens is 760 g/mol. The fourth-order valence-corrected chi connectivity index (χ4v) is 5.65. The van der Waals surface area contributed by atoms with E-state index in [1.807, 2.05) is 4.72 Å². The molecule has 0 heterocycles. The molecule has 49 heavy (non-hydrogen) atoms. The van der Waals surface area contributed by atoms with Crippen molar-refractivity contribution >= 4 is 59.3 Å². The van der Waals surface area contributed by atoms with Gasteiger partial charge in [0.2, 0.25) is 20.0 Å². The standard InChI is InChI=1S/C16H15F2NO4S.C9H8BrFO2.C7H8FNO2S/c1-23-16(20)11-7-8-12(14(18)9-11)10-19(24(2,21)22)15-6-4-3-5-13(15)17;1-13-9(12)6-2-3-7(5-10)8(11)4-6;1-12(10,11)9-7-5-3-2-4-6(7)8/h3-9H,10H2,1-2H3;2-4H,5H2,1H3;2-5,9H,1H3. The van der Waals surface area contributed by atoms with Crippen LogP contribution in [-0.4, -0.2) is 55.5 Å². The van der Waals surface area contributed by atoms with Crippen LogP contribution in [0.25, 0.3) is 0 Å². The Bertz CT molecular complexity index is 2000. The third-order valence-corrected chi connectivity index (χ3v) is 8.42. The second-order valence-electron chi connectivity index (χ2n) is 9.80. The predicted octanol–water partition coefficient (Wildman–Crippen LogP) is 6.42. The number of nitrogens with zero attached hydrogens (tertiary/aromatic N) is 1. The first kappa shape index (κ1) is 40.7. The number of para-hydroxylation sites is 2. The second-order valence-corrected chi connectivity index (χ2v) is 14.0. The van der Waals surface area contributed by atoms with Gasteiger partial charge in [-0.25, -0.2) is 44.0 Å². The number of nitrogens with one attached hydrogen (secondary N) is 1. The number of hydrogen-bond donors (Lipinski definition) is 1. The molecule has 17 heteroatoms. The van der Waals surface area contributed by atoms with Gasteiger partial charge >= 0.3 is 11.9 Å². The minimum atomic E-state index is -3.85. The average Bonchev–Trinajstić information content (AvgIpc) is 3.04. The summed E-state index contributed by atoms with van der Waals surface area (Å²) in [5.41, 5.74) is 0.528. The third kappa shape index (κ3) is 12.8. The number of rotatable bonds is 9. The van der Waals surface area contributed by atoms with Crippen molar-refractivity contribution in [3.8, 4) is 0 Å². The Morgan fingerprint density at radius 2 is 1.16 bits per heavy atom. The minimum Gasteiger partial charge on any atom is -0.465 e. The summed E-state index contributed by atoms with van der Waals surface area (Å²) in [6.07, 6.45) is 1.87. The monoisotopic (exact) mass is 790 g/mol. The van der Waals surface area contributed by atoms with E-state index >= 15 is 0 Å². The summed E-state index contributed by atoms with van der Waals surface area (Å²) in [5, 5.41) is 0.431. The van der Waals surface area contributed by atoms with Crippen molar-refractivity contribution in [2.24, 2.45) is 0 Å². The molecule has 1 N–H and O–H groups in total. The number of anilines is 2. The predicted molar refractivity (Wildman–Crippen MR) is 180 cm³/mol. The maximum Gasteiger partial charge on any atom is 0.337 e. The lowest BCUT2D eigenvalue weighted by Crippen LogP contribution is -2.30. The fraction of sp³-hybridized carbons (Fsp3) is 0.188. The molecule has 0 aliphatic rings.